The van der Waals surface area contributed by atoms with Crippen molar-refractivity contribution in [3.63, 3.8) is 0 Å². The van der Waals surface area contributed by atoms with Gasteiger partial charge in [-0.2, -0.15) is 0 Å². The number of rotatable bonds is 4. The molecule has 0 aromatic rings. The first-order valence-electron chi connectivity index (χ1n) is 12.4. The van der Waals surface area contributed by atoms with Crippen molar-refractivity contribution in [1.29, 1.82) is 0 Å². The molecule has 3 fully saturated rings. The third kappa shape index (κ3) is 3.50. The Hall–Kier alpha value is -0.820. The molecule has 0 saturated heterocycles. The van der Waals surface area contributed by atoms with Gasteiger partial charge in [-0.15, -0.1) is 0 Å². The average Bonchev–Trinajstić information content (AvgIpc) is 3.03. The molecule has 0 bridgehead atoms. The summed E-state index contributed by atoms with van der Waals surface area (Å²) in [6.45, 7) is 14.6. The van der Waals surface area contributed by atoms with Crippen LogP contribution in [0.5, 0.6) is 0 Å². The van der Waals surface area contributed by atoms with E-state index >= 15 is 0 Å². The molecule has 0 aromatic heterocycles. The van der Waals surface area contributed by atoms with Crippen LogP contribution in [0.3, 0.4) is 0 Å². The molecule has 1 nitrogen and oxygen atoms in total. The van der Waals surface area contributed by atoms with Crippen LogP contribution in [-0.2, 0) is 0 Å². The van der Waals surface area contributed by atoms with Gasteiger partial charge in [0.1, 0.15) is 0 Å². The normalized spacial score (nSPS) is 44.0. The van der Waals surface area contributed by atoms with E-state index in [1.54, 1.807) is 5.57 Å². The second-order valence-electron chi connectivity index (χ2n) is 11.9. The maximum atomic E-state index is 10.2. The maximum Gasteiger partial charge on any atom is 0.0578 e. The van der Waals surface area contributed by atoms with E-state index in [0.29, 0.717) is 22.7 Å². The Bertz CT molecular complexity index is 712. The van der Waals surface area contributed by atoms with Crippen LogP contribution < -0.4 is 0 Å². The molecule has 0 aliphatic heterocycles. The van der Waals surface area contributed by atoms with Gasteiger partial charge in [-0.3, -0.25) is 0 Å². The quantitative estimate of drug-likeness (QED) is 0.493. The Morgan fingerprint density at radius 2 is 1.69 bits per heavy atom. The fourth-order valence-electron chi connectivity index (χ4n) is 7.59. The van der Waals surface area contributed by atoms with Gasteiger partial charge in [0.05, 0.1) is 6.10 Å². The Morgan fingerprint density at radius 1 is 0.931 bits per heavy atom. The van der Waals surface area contributed by atoms with Gasteiger partial charge in [-0.1, -0.05) is 77.0 Å². The number of hydrogen-bond donors (Lipinski definition) is 1. The highest BCUT2D eigenvalue weighted by Crippen LogP contribution is 2.65. The van der Waals surface area contributed by atoms with Gasteiger partial charge >= 0.3 is 0 Å². The molecule has 4 aliphatic rings. The fraction of sp³-hybridized carbons (Fsp3) is 0.786. The van der Waals surface area contributed by atoms with Crippen molar-refractivity contribution in [2.24, 2.45) is 46.3 Å². The first-order valence-corrected chi connectivity index (χ1v) is 12.4. The molecule has 162 valence electrons. The Kier molecular flexibility index (Phi) is 5.69. The van der Waals surface area contributed by atoms with Gasteiger partial charge in [0.15, 0.2) is 0 Å². The summed E-state index contributed by atoms with van der Waals surface area (Å²) in [6.07, 6.45) is 18.4. The average molecular weight is 397 g/mol. The van der Waals surface area contributed by atoms with E-state index < -0.39 is 0 Å². The highest BCUT2D eigenvalue weighted by molar-refractivity contribution is 5.39. The van der Waals surface area contributed by atoms with E-state index in [2.05, 4.69) is 65.8 Å². The van der Waals surface area contributed by atoms with Crippen molar-refractivity contribution in [3.8, 4) is 0 Å². The van der Waals surface area contributed by atoms with Crippen LogP contribution in [-0.4, -0.2) is 11.2 Å². The van der Waals surface area contributed by atoms with Gasteiger partial charge in [-0.25, -0.2) is 0 Å². The summed E-state index contributed by atoms with van der Waals surface area (Å²) >= 11 is 0. The summed E-state index contributed by atoms with van der Waals surface area (Å²) in [4.78, 5) is 0. The minimum absolute atomic E-state index is 0.116. The molecule has 0 unspecified atom stereocenters. The first-order chi connectivity index (χ1) is 13.7. The summed E-state index contributed by atoms with van der Waals surface area (Å²) in [5.74, 6) is 4.38. The molecule has 3 saturated carbocycles. The first kappa shape index (κ1) is 21.4. The topological polar surface area (TPSA) is 20.2 Å². The highest BCUT2D eigenvalue weighted by atomic mass is 16.3. The third-order valence-electron chi connectivity index (χ3n) is 10.0. The summed E-state index contributed by atoms with van der Waals surface area (Å²) < 4.78 is 0. The van der Waals surface area contributed by atoms with Gasteiger partial charge in [-0.05, 0) is 91.3 Å². The predicted molar refractivity (Wildman–Crippen MR) is 123 cm³/mol. The second-order valence-corrected chi connectivity index (χ2v) is 11.9. The van der Waals surface area contributed by atoms with Crippen LogP contribution in [0.2, 0.25) is 0 Å². The zero-order valence-electron chi connectivity index (χ0n) is 19.7. The molecule has 4 rings (SSSR count). The van der Waals surface area contributed by atoms with Crippen LogP contribution in [0.25, 0.3) is 0 Å². The van der Waals surface area contributed by atoms with Gasteiger partial charge in [0.2, 0.25) is 0 Å². The molecule has 0 radical (unpaired) electrons. The van der Waals surface area contributed by atoms with E-state index in [0.717, 1.165) is 36.5 Å². The highest BCUT2D eigenvalue weighted by Gasteiger charge is 2.56. The minimum Gasteiger partial charge on any atom is -0.393 e. The minimum atomic E-state index is -0.116. The summed E-state index contributed by atoms with van der Waals surface area (Å²) in [6, 6.07) is 0. The lowest BCUT2D eigenvalue weighted by Gasteiger charge is -2.55. The molecule has 8 atom stereocenters. The lowest BCUT2D eigenvalue weighted by Crippen LogP contribution is -2.46. The number of aliphatic hydroxyl groups excluding tert-OH is 1. The van der Waals surface area contributed by atoms with E-state index in [4.69, 9.17) is 0 Å². The summed E-state index contributed by atoms with van der Waals surface area (Å²) in [5, 5.41) is 10.2. The molecule has 0 spiro atoms. The van der Waals surface area contributed by atoms with Crippen LogP contribution in [0.1, 0.15) is 86.5 Å². The fourth-order valence-corrected chi connectivity index (χ4v) is 7.59. The SMILES string of the molecule is CC(C)[C@H](C)/C=C/[C@@H](C)[C@@H]1CC[C@@H]2C3=CC=C4C[C@H](O)CC[C@]4(C)[C@H]3CC[C@@]21C. The molecular weight excluding hydrogens is 352 g/mol. The Morgan fingerprint density at radius 3 is 2.41 bits per heavy atom. The van der Waals surface area contributed by atoms with Crippen LogP contribution >= 0.6 is 0 Å². The van der Waals surface area contributed by atoms with Crippen LogP contribution in [0.15, 0.2) is 35.5 Å². The predicted octanol–water partition coefficient (Wildman–Crippen LogP) is 7.33. The van der Waals surface area contributed by atoms with E-state index in [-0.39, 0.29) is 6.10 Å². The lowest BCUT2D eigenvalue weighted by atomic mass is 9.50. The van der Waals surface area contributed by atoms with Crippen molar-refractivity contribution in [1.82, 2.24) is 0 Å². The van der Waals surface area contributed by atoms with Crippen LogP contribution in [0.4, 0.5) is 0 Å². The second kappa shape index (κ2) is 7.70. The van der Waals surface area contributed by atoms with Crippen molar-refractivity contribution in [2.45, 2.75) is 92.6 Å². The largest absolute Gasteiger partial charge is 0.393 e. The van der Waals surface area contributed by atoms with E-state index in [1.165, 1.54) is 37.7 Å². The molecule has 0 heterocycles. The Balaban J connectivity index is 1.57. The van der Waals surface area contributed by atoms with Gasteiger partial charge < -0.3 is 5.11 Å². The smallest absolute Gasteiger partial charge is 0.0578 e. The van der Waals surface area contributed by atoms with E-state index in [9.17, 15) is 5.11 Å². The van der Waals surface area contributed by atoms with Crippen molar-refractivity contribution < 1.29 is 5.11 Å². The zero-order valence-corrected chi connectivity index (χ0v) is 19.7. The van der Waals surface area contributed by atoms with Gasteiger partial charge in [0.25, 0.3) is 0 Å². The standard InChI is InChI=1S/C28H44O/c1-18(2)19(3)7-8-20(4)24-11-12-25-23-10-9-21-17-22(29)13-15-27(21,5)26(23)14-16-28(24,25)6/h7-10,18-20,22,24-26,29H,11-17H2,1-6H3/b8-7+/t19-,20-,22-,24+,25-,26+,27+,28-/m1/s1. The zero-order chi connectivity index (χ0) is 21.0. The summed E-state index contributed by atoms with van der Waals surface area (Å²) in [5.41, 5.74) is 4.07. The number of aliphatic hydroxyl groups is 1. The number of hydrogen-bond acceptors (Lipinski definition) is 1. The number of fused-ring (bicyclic) bond motifs is 5. The van der Waals surface area contributed by atoms with Crippen molar-refractivity contribution in [3.05, 3.63) is 35.5 Å². The monoisotopic (exact) mass is 396 g/mol. The molecule has 4 aliphatic carbocycles. The molecule has 0 aromatic carbocycles. The van der Waals surface area contributed by atoms with Gasteiger partial charge in [0, 0.05) is 0 Å². The number of allylic oxidation sites excluding steroid dienone is 5. The third-order valence-corrected chi connectivity index (χ3v) is 10.0. The summed E-state index contributed by atoms with van der Waals surface area (Å²) in [7, 11) is 0. The molecule has 1 N–H and O–H groups in total. The molecular formula is C28H44O. The molecule has 29 heavy (non-hydrogen) atoms. The Labute approximate surface area is 179 Å². The molecule has 0 amide bonds. The van der Waals surface area contributed by atoms with E-state index in [1.807, 2.05) is 0 Å². The molecule has 1 heteroatoms. The van der Waals surface area contributed by atoms with Crippen LogP contribution in [0, 0.1) is 46.3 Å². The lowest BCUT2D eigenvalue weighted by molar-refractivity contribution is 0.0382. The van der Waals surface area contributed by atoms with Crippen molar-refractivity contribution >= 4 is 0 Å². The maximum absolute atomic E-state index is 10.2. The van der Waals surface area contributed by atoms with Crippen molar-refractivity contribution in [2.75, 3.05) is 0 Å².